The predicted octanol–water partition coefficient (Wildman–Crippen LogP) is 0.470. The largest absolute Gasteiger partial charge is 0.480 e. The van der Waals surface area contributed by atoms with Crippen molar-refractivity contribution in [1.82, 2.24) is 5.32 Å². The third kappa shape index (κ3) is 6.68. The molecule has 0 saturated carbocycles. The number of aliphatic carboxylic acids is 1. The summed E-state index contributed by atoms with van der Waals surface area (Å²) in [5.41, 5.74) is 0. The molecule has 5 nitrogen and oxygen atoms in total. The Morgan fingerprint density at radius 1 is 1.44 bits per heavy atom. The van der Waals surface area contributed by atoms with Gasteiger partial charge in [0.05, 0.1) is 0 Å². The fraction of sp³-hybridized carbons (Fsp3) is 0.800. The maximum absolute atomic E-state index is 11.1. The van der Waals surface area contributed by atoms with E-state index in [-0.39, 0.29) is 0 Å². The molecular weight excluding hydrogens is 230 g/mol. The number of aliphatic hydroxyl groups is 1. The van der Waals surface area contributed by atoms with E-state index < -0.39 is 24.0 Å². The van der Waals surface area contributed by atoms with Gasteiger partial charge in [-0.15, -0.1) is 0 Å². The van der Waals surface area contributed by atoms with E-state index in [0.717, 1.165) is 18.6 Å². The fourth-order valence-corrected chi connectivity index (χ4v) is 2.04. The molecule has 3 N–H and O–H groups in total. The average molecular weight is 249 g/mol. The first-order valence-electron chi connectivity index (χ1n) is 5.28. The Kier molecular flexibility index (Phi) is 8.01. The Hall–Kier alpha value is -0.750. The van der Waals surface area contributed by atoms with E-state index in [0.29, 0.717) is 5.75 Å². The highest BCUT2D eigenvalue weighted by atomic mass is 32.2. The normalized spacial score (nSPS) is 14.2. The number of hydrogen-bond acceptors (Lipinski definition) is 4. The topological polar surface area (TPSA) is 86.6 Å². The second-order valence-corrected chi connectivity index (χ2v) is 4.65. The van der Waals surface area contributed by atoms with Crippen LogP contribution in [0.2, 0.25) is 0 Å². The van der Waals surface area contributed by atoms with Gasteiger partial charge in [0.1, 0.15) is 12.1 Å². The van der Waals surface area contributed by atoms with Crippen LogP contribution in [-0.4, -0.2) is 45.7 Å². The second-order valence-electron chi connectivity index (χ2n) is 3.50. The van der Waals surface area contributed by atoms with Crippen LogP contribution in [0.1, 0.15) is 26.7 Å². The lowest BCUT2D eigenvalue weighted by atomic mass is 10.3. The summed E-state index contributed by atoms with van der Waals surface area (Å²) in [4.78, 5) is 21.9. The van der Waals surface area contributed by atoms with Crippen LogP contribution in [0.15, 0.2) is 0 Å². The molecule has 0 aromatic rings. The Balaban J connectivity index is 3.98. The van der Waals surface area contributed by atoms with E-state index in [1.807, 2.05) is 0 Å². The van der Waals surface area contributed by atoms with Crippen molar-refractivity contribution in [3.63, 3.8) is 0 Å². The number of nitrogens with one attached hydrogen (secondary N) is 1. The lowest BCUT2D eigenvalue weighted by molar-refractivity contribution is -0.142. The van der Waals surface area contributed by atoms with Crippen molar-refractivity contribution < 1.29 is 19.8 Å². The molecule has 0 spiro atoms. The number of carboxylic acids is 1. The molecule has 0 heterocycles. The van der Waals surface area contributed by atoms with E-state index >= 15 is 0 Å². The van der Waals surface area contributed by atoms with E-state index in [9.17, 15) is 9.59 Å². The molecule has 0 rings (SSSR count). The van der Waals surface area contributed by atoms with Crippen molar-refractivity contribution in [3.8, 4) is 0 Å². The summed E-state index contributed by atoms with van der Waals surface area (Å²) >= 11 is 1.49. The highest BCUT2D eigenvalue weighted by molar-refractivity contribution is 7.99. The van der Waals surface area contributed by atoms with Gasteiger partial charge in [-0.05, 0) is 19.1 Å². The summed E-state index contributed by atoms with van der Waals surface area (Å²) < 4.78 is 0. The van der Waals surface area contributed by atoms with Gasteiger partial charge in [-0.1, -0.05) is 13.3 Å². The highest BCUT2D eigenvalue weighted by Gasteiger charge is 2.21. The zero-order valence-electron chi connectivity index (χ0n) is 9.60. The first kappa shape index (κ1) is 15.2. The monoisotopic (exact) mass is 249 g/mol. The van der Waals surface area contributed by atoms with Crippen molar-refractivity contribution in [2.75, 3.05) is 11.5 Å². The van der Waals surface area contributed by atoms with Gasteiger partial charge in [-0.25, -0.2) is 4.79 Å². The lowest BCUT2D eigenvalue weighted by Crippen LogP contribution is -2.46. The first-order chi connectivity index (χ1) is 7.49. The maximum atomic E-state index is 11.1. The van der Waals surface area contributed by atoms with Gasteiger partial charge in [-0.2, -0.15) is 11.8 Å². The quantitative estimate of drug-likeness (QED) is 0.544. The molecule has 2 atom stereocenters. The third-order valence-electron chi connectivity index (χ3n) is 1.92. The number of carbonyl (C=O) groups is 2. The lowest BCUT2D eigenvalue weighted by Gasteiger charge is -2.15. The van der Waals surface area contributed by atoms with Crippen LogP contribution in [0.4, 0.5) is 0 Å². The molecule has 0 fully saturated rings. The average Bonchev–Trinajstić information content (AvgIpc) is 2.21. The number of unbranched alkanes of at least 4 members (excludes halogenated alkanes) is 1. The van der Waals surface area contributed by atoms with Gasteiger partial charge in [0.15, 0.2) is 0 Å². The third-order valence-corrected chi connectivity index (χ3v) is 3.07. The van der Waals surface area contributed by atoms with Crippen molar-refractivity contribution in [2.45, 2.75) is 38.8 Å². The smallest absolute Gasteiger partial charge is 0.327 e. The minimum absolute atomic E-state index is 0.327. The Morgan fingerprint density at radius 3 is 2.50 bits per heavy atom. The Morgan fingerprint density at radius 2 is 2.06 bits per heavy atom. The van der Waals surface area contributed by atoms with Crippen LogP contribution < -0.4 is 5.32 Å². The van der Waals surface area contributed by atoms with Crippen LogP contribution in [0.5, 0.6) is 0 Å². The van der Waals surface area contributed by atoms with E-state index in [1.165, 1.54) is 18.7 Å². The van der Waals surface area contributed by atoms with Crippen molar-refractivity contribution in [1.29, 1.82) is 0 Å². The minimum atomic E-state index is -1.18. The summed E-state index contributed by atoms with van der Waals surface area (Å²) in [5, 5.41) is 20.1. The van der Waals surface area contributed by atoms with Crippen LogP contribution in [0.3, 0.4) is 0 Å². The van der Waals surface area contributed by atoms with Gasteiger partial charge in [0.25, 0.3) is 0 Å². The number of carbonyl (C=O) groups excluding carboxylic acids is 1. The van der Waals surface area contributed by atoms with E-state index in [1.54, 1.807) is 0 Å². The Labute approximate surface area is 99.6 Å². The zero-order valence-corrected chi connectivity index (χ0v) is 10.4. The van der Waals surface area contributed by atoms with Gasteiger partial charge in [-0.3, -0.25) is 4.79 Å². The van der Waals surface area contributed by atoms with Crippen molar-refractivity contribution in [3.05, 3.63) is 0 Å². The number of aliphatic hydroxyl groups excluding tert-OH is 1. The van der Waals surface area contributed by atoms with Crippen LogP contribution in [-0.2, 0) is 9.59 Å². The Bertz CT molecular complexity index is 233. The van der Waals surface area contributed by atoms with Crippen LogP contribution in [0.25, 0.3) is 0 Å². The molecule has 94 valence electrons. The maximum Gasteiger partial charge on any atom is 0.327 e. The molecule has 0 aliphatic rings. The molecule has 16 heavy (non-hydrogen) atoms. The minimum Gasteiger partial charge on any atom is -0.480 e. The number of carboxylic acid groups (broad SMARTS) is 1. The van der Waals surface area contributed by atoms with Gasteiger partial charge in [0.2, 0.25) is 5.91 Å². The summed E-state index contributed by atoms with van der Waals surface area (Å²) in [6.07, 6.45) is 0.911. The molecule has 0 aromatic heterocycles. The van der Waals surface area contributed by atoms with Gasteiger partial charge in [0, 0.05) is 5.75 Å². The van der Waals surface area contributed by atoms with Crippen LogP contribution in [0, 0.1) is 0 Å². The van der Waals surface area contributed by atoms with Gasteiger partial charge >= 0.3 is 5.97 Å². The molecule has 0 bridgehead atoms. The molecule has 2 unspecified atom stereocenters. The number of amides is 1. The summed E-state index contributed by atoms with van der Waals surface area (Å²) in [6, 6.07) is -0.927. The molecular formula is C10H19NO4S. The second kappa shape index (κ2) is 8.41. The molecule has 0 aliphatic heterocycles. The van der Waals surface area contributed by atoms with Crippen LogP contribution >= 0.6 is 11.8 Å². The molecule has 0 aromatic carbocycles. The number of thioether (sulfide) groups is 1. The first-order valence-corrected chi connectivity index (χ1v) is 6.43. The van der Waals surface area contributed by atoms with Crippen molar-refractivity contribution >= 4 is 23.6 Å². The van der Waals surface area contributed by atoms with Crippen molar-refractivity contribution in [2.24, 2.45) is 0 Å². The van der Waals surface area contributed by atoms with Gasteiger partial charge < -0.3 is 15.5 Å². The molecule has 1 amide bonds. The fourth-order valence-electron chi connectivity index (χ4n) is 0.915. The van der Waals surface area contributed by atoms with E-state index in [4.69, 9.17) is 10.2 Å². The highest BCUT2D eigenvalue weighted by Crippen LogP contribution is 2.07. The molecule has 0 aliphatic carbocycles. The zero-order chi connectivity index (χ0) is 12.6. The standard InChI is InChI=1S/C10H19NO4S/c1-3-4-5-16-6-8(10(14)15)11-9(13)7(2)12/h7-8,12H,3-6H2,1-2H3,(H,11,13)(H,14,15). The van der Waals surface area contributed by atoms with E-state index in [2.05, 4.69) is 12.2 Å². The molecule has 6 heteroatoms. The number of hydrogen-bond donors (Lipinski definition) is 3. The summed E-state index contributed by atoms with van der Waals surface area (Å²) in [6.45, 7) is 3.36. The number of rotatable bonds is 8. The summed E-state index contributed by atoms with van der Waals surface area (Å²) in [7, 11) is 0. The predicted molar refractivity (Wildman–Crippen MR) is 63.5 cm³/mol. The molecule has 0 radical (unpaired) electrons. The molecule has 0 saturated heterocycles. The summed E-state index contributed by atoms with van der Waals surface area (Å²) in [5.74, 6) is -0.514. The SMILES string of the molecule is CCCCSCC(NC(=O)C(C)O)C(=O)O.